The second kappa shape index (κ2) is 4.27. The average molecular weight is 268 g/mol. The molecule has 2 nitrogen and oxygen atoms in total. The van der Waals surface area contributed by atoms with E-state index >= 15 is 0 Å². The molecule has 1 aliphatic rings. The van der Waals surface area contributed by atoms with Crippen LogP contribution in [0.5, 0.6) is 11.5 Å². The fourth-order valence-electron chi connectivity index (χ4n) is 3.38. The minimum Gasteiger partial charge on any atom is -0.508 e. The van der Waals surface area contributed by atoms with Crippen LogP contribution in [0.25, 0.3) is 0 Å². The molecule has 0 spiro atoms. The lowest BCUT2D eigenvalue weighted by Crippen LogP contribution is -2.43. The first kappa shape index (κ1) is 13.0. The molecule has 2 aromatic carbocycles. The zero-order valence-electron chi connectivity index (χ0n) is 12.2. The molecule has 104 valence electrons. The van der Waals surface area contributed by atoms with Crippen LogP contribution in [-0.2, 0) is 5.41 Å². The molecule has 0 aromatic heterocycles. The highest BCUT2D eigenvalue weighted by atomic mass is 16.5. The Morgan fingerprint density at radius 3 is 2.30 bits per heavy atom. The monoisotopic (exact) mass is 268 g/mol. The largest absolute Gasteiger partial charge is 0.508 e. The van der Waals surface area contributed by atoms with Crippen molar-refractivity contribution in [1.82, 2.24) is 0 Å². The number of aromatic hydroxyl groups is 1. The minimum absolute atomic E-state index is 0.105. The minimum atomic E-state index is -0.207. The summed E-state index contributed by atoms with van der Waals surface area (Å²) < 4.78 is 6.11. The van der Waals surface area contributed by atoms with Crippen molar-refractivity contribution in [2.45, 2.75) is 38.2 Å². The van der Waals surface area contributed by atoms with Gasteiger partial charge in [-0.2, -0.15) is 0 Å². The van der Waals surface area contributed by atoms with Crippen LogP contribution < -0.4 is 4.74 Å². The van der Waals surface area contributed by atoms with E-state index in [9.17, 15) is 5.11 Å². The van der Waals surface area contributed by atoms with Gasteiger partial charge in [-0.1, -0.05) is 37.3 Å². The Bertz CT molecular complexity index is 628. The first-order chi connectivity index (χ1) is 9.41. The first-order valence-corrected chi connectivity index (χ1v) is 6.99. The third kappa shape index (κ3) is 2.05. The zero-order chi connectivity index (χ0) is 14.4. The smallest absolute Gasteiger partial charge is 0.124 e. The number of ether oxygens (including phenoxy) is 1. The lowest BCUT2D eigenvalue weighted by atomic mass is 9.68. The van der Waals surface area contributed by atoms with Gasteiger partial charge in [0, 0.05) is 17.4 Å². The molecular weight excluding hydrogens is 248 g/mol. The van der Waals surface area contributed by atoms with Crippen LogP contribution in [0.4, 0.5) is 0 Å². The fraction of sp³-hybridized carbons (Fsp3) is 0.333. The van der Waals surface area contributed by atoms with Crippen molar-refractivity contribution in [3.63, 3.8) is 0 Å². The summed E-state index contributed by atoms with van der Waals surface area (Å²) in [7, 11) is 0. The van der Waals surface area contributed by atoms with Gasteiger partial charge in [0.15, 0.2) is 0 Å². The Balaban J connectivity index is 2.18. The van der Waals surface area contributed by atoms with Gasteiger partial charge in [0.1, 0.15) is 17.1 Å². The molecule has 0 bridgehead atoms. The van der Waals surface area contributed by atoms with Crippen LogP contribution >= 0.6 is 0 Å². The van der Waals surface area contributed by atoms with Gasteiger partial charge in [0.05, 0.1) is 0 Å². The van der Waals surface area contributed by atoms with Gasteiger partial charge >= 0.3 is 0 Å². The van der Waals surface area contributed by atoms with Crippen molar-refractivity contribution in [2.24, 2.45) is 0 Å². The normalized spacial score (nSPS) is 23.8. The van der Waals surface area contributed by atoms with E-state index in [4.69, 9.17) is 4.74 Å². The van der Waals surface area contributed by atoms with E-state index in [-0.39, 0.29) is 11.0 Å². The number of fused-ring (bicyclic) bond motifs is 1. The second-order valence-electron chi connectivity index (χ2n) is 6.41. The van der Waals surface area contributed by atoms with Crippen molar-refractivity contribution in [2.75, 3.05) is 0 Å². The van der Waals surface area contributed by atoms with Crippen LogP contribution in [-0.4, -0.2) is 10.7 Å². The second-order valence-corrected chi connectivity index (χ2v) is 6.41. The van der Waals surface area contributed by atoms with Crippen molar-refractivity contribution < 1.29 is 9.84 Å². The summed E-state index contributed by atoms with van der Waals surface area (Å²) in [5.74, 6) is 1.26. The van der Waals surface area contributed by atoms with Crippen molar-refractivity contribution in [3.05, 3.63) is 59.7 Å². The molecule has 1 heterocycles. The molecule has 1 atom stereocenters. The van der Waals surface area contributed by atoms with Gasteiger partial charge in [0.25, 0.3) is 0 Å². The lowest BCUT2D eigenvalue weighted by Gasteiger charge is -2.44. The third-order valence-electron chi connectivity index (χ3n) is 4.15. The van der Waals surface area contributed by atoms with Crippen LogP contribution in [0.1, 0.15) is 38.3 Å². The van der Waals surface area contributed by atoms with E-state index in [1.54, 1.807) is 12.1 Å². The number of para-hydroxylation sites is 1. The quantitative estimate of drug-likeness (QED) is 0.837. The molecule has 0 amide bonds. The zero-order valence-corrected chi connectivity index (χ0v) is 12.2. The van der Waals surface area contributed by atoms with Crippen LogP contribution in [0.3, 0.4) is 0 Å². The summed E-state index contributed by atoms with van der Waals surface area (Å²) in [5, 5.41) is 9.51. The summed E-state index contributed by atoms with van der Waals surface area (Å²) in [4.78, 5) is 0. The third-order valence-corrected chi connectivity index (χ3v) is 4.15. The number of rotatable bonds is 1. The maximum absolute atomic E-state index is 9.51. The lowest BCUT2D eigenvalue weighted by molar-refractivity contribution is 0.0583. The molecule has 3 rings (SSSR count). The predicted octanol–water partition coefficient (Wildman–Crippen LogP) is 4.26. The highest BCUT2D eigenvalue weighted by Gasteiger charge is 2.42. The summed E-state index contributed by atoms with van der Waals surface area (Å²) in [6, 6.07) is 15.8. The van der Waals surface area contributed by atoms with Gasteiger partial charge in [0.2, 0.25) is 0 Å². The number of hydrogen-bond donors (Lipinski definition) is 1. The molecule has 0 radical (unpaired) electrons. The molecule has 0 aliphatic carbocycles. The molecule has 1 aliphatic heterocycles. The van der Waals surface area contributed by atoms with Crippen LogP contribution in [0, 0.1) is 0 Å². The Hall–Kier alpha value is -1.96. The topological polar surface area (TPSA) is 29.5 Å². The van der Waals surface area contributed by atoms with E-state index in [1.807, 2.05) is 24.3 Å². The van der Waals surface area contributed by atoms with Crippen molar-refractivity contribution >= 4 is 0 Å². The van der Waals surface area contributed by atoms with Gasteiger partial charge in [-0.25, -0.2) is 0 Å². The highest BCUT2D eigenvalue weighted by molar-refractivity contribution is 5.49. The van der Waals surface area contributed by atoms with E-state index in [1.165, 1.54) is 11.1 Å². The maximum Gasteiger partial charge on any atom is 0.124 e. The summed E-state index contributed by atoms with van der Waals surface area (Å²) in [6.45, 7) is 6.51. The van der Waals surface area contributed by atoms with Gasteiger partial charge in [-0.05, 0) is 37.6 Å². The Morgan fingerprint density at radius 2 is 1.60 bits per heavy atom. The summed E-state index contributed by atoms with van der Waals surface area (Å²) in [6.07, 6.45) is 0.905. The van der Waals surface area contributed by atoms with Crippen molar-refractivity contribution in [3.8, 4) is 11.5 Å². The molecule has 20 heavy (non-hydrogen) atoms. The number of phenolic OH excluding ortho intramolecular Hbond substituents is 1. The number of phenols is 1. The van der Waals surface area contributed by atoms with Crippen LogP contribution in [0.2, 0.25) is 0 Å². The average Bonchev–Trinajstić information content (AvgIpc) is 2.38. The first-order valence-electron chi connectivity index (χ1n) is 6.99. The van der Waals surface area contributed by atoms with E-state index in [0.717, 1.165) is 12.2 Å². The molecule has 0 saturated heterocycles. The summed E-state index contributed by atoms with van der Waals surface area (Å²) >= 11 is 0. The van der Waals surface area contributed by atoms with Gasteiger partial charge in [-0.3, -0.25) is 0 Å². The SMILES string of the molecule is CC1(C)CC(C)(c2ccc(O)cc2)c2ccccc2O1. The Labute approximate surface area is 120 Å². The van der Waals surface area contributed by atoms with E-state index < -0.39 is 0 Å². The molecule has 2 aromatic rings. The fourth-order valence-corrected chi connectivity index (χ4v) is 3.38. The molecular formula is C18H20O2. The summed E-state index contributed by atoms with van der Waals surface area (Å²) in [5.41, 5.74) is 2.11. The predicted molar refractivity (Wildman–Crippen MR) is 80.3 cm³/mol. The van der Waals surface area contributed by atoms with Crippen molar-refractivity contribution in [1.29, 1.82) is 0 Å². The van der Waals surface area contributed by atoms with Gasteiger partial charge in [-0.15, -0.1) is 0 Å². The standard InChI is InChI=1S/C18H20O2/c1-17(2)12-18(3,13-8-10-14(19)11-9-13)15-6-4-5-7-16(15)20-17/h4-11,19H,12H2,1-3H3. The van der Waals surface area contributed by atoms with Crippen LogP contribution in [0.15, 0.2) is 48.5 Å². The van der Waals surface area contributed by atoms with Gasteiger partial charge < -0.3 is 9.84 Å². The van der Waals surface area contributed by atoms with E-state index in [2.05, 4.69) is 32.9 Å². The number of hydrogen-bond acceptors (Lipinski definition) is 2. The maximum atomic E-state index is 9.51. The van der Waals surface area contributed by atoms with E-state index in [0.29, 0.717) is 5.75 Å². The number of benzene rings is 2. The highest BCUT2D eigenvalue weighted by Crippen LogP contribution is 2.48. The molecule has 1 unspecified atom stereocenters. The molecule has 0 fully saturated rings. The Kier molecular flexibility index (Phi) is 2.79. The molecule has 2 heteroatoms. The molecule has 0 saturated carbocycles. The Morgan fingerprint density at radius 1 is 0.950 bits per heavy atom. The molecule has 1 N–H and O–H groups in total.